The van der Waals surface area contributed by atoms with Crippen molar-refractivity contribution in [2.24, 2.45) is 11.1 Å². The molecule has 1 amide bonds. The van der Waals surface area contributed by atoms with Crippen molar-refractivity contribution >= 4 is 15.9 Å². The lowest BCUT2D eigenvalue weighted by molar-refractivity contribution is -0.132. The number of carbonyl (C=O) groups excluding carboxylic acids is 1. The Labute approximate surface area is 115 Å². The summed E-state index contributed by atoms with van der Waals surface area (Å²) in [7, 11) is -1.76. The number of hydrogen-bond acceptors (Lipinski definition) is 4. The molecule has 1 saturated heterocycles. The highest BCUT2D eigenvalue weighted by atomic mass is 32.2. The van der Waals surface area contributed by atoms with E-state index in [1.807, 2.05) is 4.90 Å². The topological polar surface area (TPSA) is 89.7 Å². The number of primary sulfonamides is 1. The van der Waals surface area contributed by atoms with Crippen LogP contribution in [0.1, 0.15) is 32.1 Å². The number of ether oxygens (including phenoxy) is 1. The van der Waals surface area contributed by atoms with Crippen LogP contribution >= 0.6 is 0 Å². The van der Waals surface area contributed by atoms with Crippen LogP contribution in [0, 0.1) is 5.92 Å². The lowest BCUT2D eigenvalue weighted by Crippen LogP contribution is -2.38. The summed E-state index contributed by atoms with van der Waals surface area (Å²) in [6, 6.07) is 0. The Balaban J connectivity index is 2.21. The maximum Gasteiger partial charge on any atom is 0.222 e. The van der Waals surface area contributed by atoms with E-state index in [1.54, 1.807) is 7.11 Å². The van der Waals surface area contributed by atoms with Crippen LogP contribution in [0.15, 0.2) is 0 Å². The van der Waals surface area contributed by atoms with E-state index in [0.29, 0.717) is 12.3 Å². The number of likely N-dealkylation sites (tertiary alicyclic amines) is 1. The highest BCUT2D eigenvalue weighted by Gasteiger charge is 2.22. The van der Waals surface area contributed by atoms with Crippen LogP contribution < -0.4 is 5.14 Å². The van der Waals surface area contributed by atoms with E-state index in [-0.39, 0.29) is 18.1 Å². The molecule has 1 heterocycles. The summed E-state index contributed by atoms with van der Waals surface area (Å²) in [5.74, 6) is 0.547. The molecule has 0 spiro atoms. The van der Waals surface area contributed by atoms with Crippen LogP contribution in [0.25, 0.3) is 0 Å². The van der Waals surface area contributed by atoms with Crippen molar-refractivity contribution in [3.05, 3.63) is 0 Å². The summed E-state index contributed by atoms with van der Waals surface area (Å²) in [4.78, 5) is 13.7. The average molecular weight is 292 g/mol. The van der Waals surface area contributed by atoms with E-state index in [4.69, 9.17) is 9.88 Å². The van der Waals surface area contributed by atoms with Crippen LogP contribution in [0.4, 0.5) is 0 Å². The first-order valence-corrected chi connectivity index (χ1v) is 8.41. The highest BCUT2D eigenvalue weighted by Crippen LogP contribution is 2.21. The number of methoxy groups -OCH3 is 1. The fraction of sp³-hybridized carbons (Fsp3) is 0.917. The van der Waals surface area contributed by atoms with Crippen molar-refractivity contribution in [2.45, 2.75) is 32.1 Å². The van der Waals surface area contributed by atoms with Crippen LogP contribution in [0.3, 0.4) is 0 Å². The monoisotopic (exact) mass is 292 g/mol. The zero-order chi connectivity index (χ0) is 14.3. The minimum Gasteiger partial charge on any atom is -0.385 e. The molecule has 1 aliphatic heterocycles. The molecule has 0 aromatic carbocycles. The van der Waals surface area contributed by atoms with Crippen molar-refractivity contribution in [1.82, 2.24) is 4.90 Å². The van der Waals surface area contributed by atoms with Gasteiger partial charge < -0.3 is 9.64 Å². The standard InChI is InChI=1S/C12H24N2O4S/c1-18-9-6-11-4-7-14(8-5-11)12(15)3-2-10-19(13,16)17/h11H,2-10H2,1H3,(H2,13,16,17). The third kappa shape index (κ3) is 6.89. The second-order valence-corrected chi connectivity index (χ2v) is 6.81. The quantitative estimate of drug-likeness (QED) is 0.732. The Morgan fingerprint density at radius 1 is 1.37 bits per heavy atom. The van der Waals surface area contributed by atoms with Gasteiger partial charge in [0.2, 0.25) is 15.9 Å². The Bertz CT molecular complexity index is 375. The fourth-order valence-electron chi connectivity index (χ4n) is 2.34. The maximum atomic E-state index is 11.9. The number of carbonyl (C=O) groups is 1. The zero-order valence-electron chi connectivity index (χ0n) is 11.5. The molecule has 2 N–H and O–H groups in total. The Hall–Kier alpha value is -0.660. The molecule has 0 atom stereocenters. The van der Waals surface area contributed by atoms with Crippen LogP contribution in [-0.2, 0) is 19.6 Å². The number of piperidine rings is 1. The van der Waals surface area contributed by atoms with E-state index in [2.05, 4.69) is 0 Å². The summed E-state index contributed by atoms with van der Waals surface area (Å²) >= 11 is 0. The third-order valence-electron chi connectivity index (χ3n) is 3.52. The van der Waals surface area contributed by atoms with Crippen molar-refractivity contribution in [2.75, 3.05) is 32.6 Å². The fourth-order valence-corrected chi connectivity index (χ4v) is 2.88. The second kappa shape index (κ2) is 7.81. The summed E-state index contributed by atoms with van der Waals surface area (Å²) in [5, 5.41) is 4.90. The van der Waals surface area contributed by atoms with Crippen molar-refractivity contribution in [3.63, 3.8) is 0 Å². The average Bonchev–Trinajstić information content (AvgIpc) is 2.35. The molecular weight excluding hydrogens is 268 g/mol. The van der Waals surface area contributed by atoms with E-state index in [9.17, 15) is 13.2 Å². The predicted octanol–water partition coefficient (Wildman–Crippen LogP) is 0.330. The number of rotatable bonds is 7. The number of nitrogens with two attached hydrogens (primary N) is 1. The molecule has 0 aromatic rings. The summed E-state index contributed by atoms with van der Waals surface area (Å²) in [6.45, 7) is 2.30. The molecule has 7 heteroatoms. The molecule has 6 nitrogen and oxygen atoms in total. The molecule has 1 aliphatic rings. The number of nitrogens with zero attached hydrogens (tertiary/aromatic N) is 1. The van der Waals surface area contributed by atoms with Crippen LogP contribution in [-0.4, -0.2) is 51.8 Å². The first-order chi connectivity index (χ1) is 8.92. The van der Waals surface area contributed by atoms with Gasteiger partial charge in [0.05, 0.1) is 5.75 Å². The van der Waals surface area contributed by atoms with Gasteiger partial charge in [-0.15, -0.1) is 0 Å². The normalized spacial score (nSPS) is 17.7. The van der Waals surface area contributed by atoms with Gasteiger partial charge in [-0.2, -0.15) is 0 Å². The molecule has 0 saturated carbocycles. The first kappa shape index (κ1) is 16.4. The molecule has 0 radical (unpaired) electrons. The van der Waals surface area contributed by atoms with Gasteiger partial charge in [-0.25, -0.2) is 13.6 Å². The van der Waals surface area contributed by atoms with Gasteiger partial charge in [-0.3, -0.25) is 4.79 Å². The minimum absolute atomic E-state index is 0.0360. The van der Waals surface area contributed by atoms with Gasteiger partial charge in [0, 0.05) is 33.2 Å². The molecule has 0 aliphatic carbocycles. The van der Waals surface area contributed by atoms with Crippen molar-refractivity contribution in [3.8, 4) is 0 Å². The molecule has 1 rings (SSSR count). The van der Waals surface area contributed by atoms with Gasteiger partial charge in [-0.05, 0) is 31.6 Å². The Morgan fingerprint density at radius 2 is 2.00 bits per heavy atom. The molecule has 0 bridgehead atoms. The smallest absolute Gasteiger partial charge is 0.222 e. The van der Waals surface area contributed by atoms with Crippen LogP contribution in [0.5, 0.6) is 0 Å². The van der Waals surface area contributed by atoms with E-state index < -0.39 is 10.0 Å². The molecule has 1 fully saturated rings. The zero-order valence-corrected chi connectivity index (χ0v) is 12.3. The lowest BCUT2D eigenvalue weighted by Gasteiger charge is -2.32. The largest absolute Gasteiger partial charge is 0.385 e. The summed E-state index contributed by atoms with van der Waals surface area (Å²) in [5.41, 5.74) is 0. The van der Waals surface area contributed by atoms with Gasteiger partial charge >= 0.3 is 0 Å². The summed E-state index contributed by atoms with van der Waals surface area (Å²) < 4.78 is 26.6. The van der Waals surface area contributed by atoms with Gasteiger partial charge in [0.25, 0.3) is 0 Å². The van der Waals surface area contributed by atoms with Gasteiger partial charge in [-0.1, -0.05) is 0 Å². The SMILES string of the molecule is COCCC1CCN(C(=O)CCCS(N)(=O)=O)CC1. The number of sulfonamides is 1. The van der Waals surface area contributed by atoms with Crippen molar-refractivity contribution < 1.29 is 17.9 Å². The predicted molar refractivity (Wildman–Crippen MR) is 73.0 cm³/mol. The van der Waals surface area contributed by atoms with E-state index in [0.717, 1.165) is 39.0 Å². The molecular formula is C12H24N2O4S. The van der Waals surface area contributed by atoms with E-state index >= 15 is 0 Å². The second-order valence-electron chi connectivity index (χ2n) is 5.08. The van der Waals surface area contributed by atoms with Crippen LogP contribution in [0.2, 0.25) is 0 Å². The Kier molecular flexibility index (Phi) is 6.74. The highest BCUT2D eigenvalue weighted by molar-refractivity contribution is 7.89. The third-order valence-corrected chi connectivity index (χ3v) is 4.37. The molecule has 19 heavy (non-hydrogen) atoms. The van der Waals surface area contributed by atoms with Gasteiger partial charge in [0.1, 0.15) is 0 Å². The molecule has 112 valence electrons. The first-order valence-electron chi connectivity index (χ1n) is 6.69. The number of amides is 1. The number of hydrogen-bond donors (Lipinski definition) is 1. The van der Waals surface area contributed by atoms with E-state index in [1.165, 1.54) is 0 Å². The maximum absolute atomic E-state index is 11.9. The van der Waals surface area contributed by atoms with Crippen molar-refractivity contribution in [1.29, 1.82) is 0 Å². The Morgan fingerprint density at radius 3 is 2.53 bits per heavy atom. The lowest BCUT2D eigenvalue weighted by atomic mass is 9.94. The molecule has 0 unspecified atom stereocenters. The molecule has 0 aromatic heterocycles. The van der Waals surface area contributed by atoms with Gasteiger partial charge in [0.15, 0.2) is 0 Å². The summed E-state index contributed by atoms with van der Waals surface area (Å²) in [6.07, 6.45) is 3.62. The minimum atomic E-state index is -3.45.